The van der Waals surface area contributed by atoms with Crippen LogP contribution in [0.3, 0.4) is 0 Å². The van der Waals surface area contributed by atoms with Crippen LogP contribution in [0.4, 0.5) is 4.39 Å². The predicted molar refractivity (Wildman–Crippen MR) is 44.7 cm³/mol. The standard InChI is InChI=1S/C7H7FN4O/c8-6-1-2-7(13)12(5-6)4-3-10-11-9/h1-2,5H,3-4H2. The summed E-state index contributed by atoms with van der Waals surface area (Å²) in [5.74, 6) is -0.486. The lowest BCUT2D eigenvalue weighted by Crippen LogP contribution is -2.19. The lowest BCUT2D eigenvalue weighted by Gasteiger charge is -2.01. The fourth-order valence-corrected chi connectivity index (χ4v) is 0.874. The number of nitrogens with zero attached hydrogens (tertiary/aromatic N) is 4. The van der Waals surface area contributed by atoms with Crippen molar-refractivity contribution in [2.24, 2.45) is 5.11 Å². The molecule has 0 aliphatic carbocycles. The Morgan fingerprint density at radius 1 is 1.62 bits per heavy atom. The van der Waals surface area contributed by atoms with Crippen molar-refractivity contribution in [3.63, 3.8) is 0 Å². The molecule has 1 aromatic rings. The molecule has 6 heteroatoms. The molecule has 68 valence electrons. The van der Waals surface area contributed by atoms with Crippen LogP contribution in [0.25, 0.3) is 10.4 Å². The van der Waals surface area contributed by atoms with Gasteiger partial charge in [0, 0.05) is 30.3 Å². The van der Waals surface area contributed by atoms with Crippen LogP contribution in [0.15, 0.2) is 28.2 Å². The molecule has 0 spiro atoms. The van der Waals surface area contributed by atoms with Crippen molar-refractivity contribution in [2.45, 2.75) is 6.54 Å². The van der Waals surface area contributed by atoms with Crippen molar-refractivity contribution < 1.29 is 4.39 Å². The van der Waals surface area contributed by atoms with E-state index in [4.69, 9.17) is 5.53 Å². The van der Waals surface area contributed by atoms with Gasteiger partial charge in [-0.1, -0.05) is 5.11 Å². The van der Waals surface area contributed by atoms with Crippen molar-refractivity contribution in [3.8, 4) is 0 Å². The number of pyridine rings is 1. The highest BCUT2D eigenvalue weighted by Crippen LogP contribution is 1.91. The maximum Gasteiger partial charge on any atom is 0.250 e. The summed E-state index contributed by atoms with van der Waals surface area (Å²) in [4.78, 5) is 13.5. The van der Waals surface area contributed by atoms with E-state index in [1.54, 1.807) is 0 Å². The second kappa shape index (κ2) is 4.27. The van der Waals surface area contributed by atoms with Crippen molar-refractivity contribution in [1.82, 2.24) is 4.57 Å². The van der Waals surface area contributed by atoms with Crippen LogP contribution in [-0.2, 0) is 6.54 Å². The van der Waals surface area contributed by atoms with Gasteiger partial charge in [-0.05, 0) is 11.6 Å². The van der Waals surface area contributed by atoms with Gasteiger partial charge in [0.2, 0.25) is 0 Å². The summed E-state index contributed by atoms with van der Waals surface area (Å²) in [6, 6.07) is 2.22. The van der Waals surface area contributed by atoms with Crippen molar-refractivity contribution >= 4 is 0 Å². The molecule has 0 aliphatic rings. The first-order valence-electron chi connectivity index (χ1n) is 3.61. The van der Waals surface area contributed by atoms with E-state index in [2.05, 4.69) is 10.0 Å². The van der Waals surface area contributed by atoms with Gasteiger partial charge in [0.05, 0.1) is 0 Å². The molecular weight excluding hydrogens is 175 g/mol. The second-order valence-corrected chi connectivity index (χ2v) is 2.33. The van der Waals surface area contributed by atoms with Gasteiger partial charge < -0.3 is 4.57 Å². The summed E-state index contributed by atoms with van der Waals surface area (Å²) in [5, 5.41) is 3.24. The average Bonchev–Trinajstić information content (AvgIpc) is 2.11. The van der Waals surface area contributed by atoms with Gasteiger partial charge in [-0.3, -0.25) is 4.79 Å². The van der Waals surface area contributed by atoms with E-state index in [-0.39, 0.29) is 18.6 Å². The molecule has 0 N–H and O–H groups in total. The van der Waals surface area contributed by atoms with E-state index < -0.39 is 5.82 Å². The maximum atomic E-state index is 12.6. The van der Waals surface area contributed by atoms with E-state index in [9.17, 15) is 9.18 Å². The van der Waals surface area contributed by atoms with Crippen LogP contribution >= 0.6 is 0 Å². The summed E-state index contributed by atoms with van der Waals surface area (Å²) < 4.78 is 13.7. The Morgan fingerprint density at radius 2 is 2.38 bits per heavy atom. The normalized spacial score (nSPS) is 9.31. The van der Waals surface area contributed by atoms with Gasteiger partial charge in [-0.15, -0.1) is 0 Å². The summed E-state index contributed by atoms with van der Waals surface area (Å²) in [5.41, 5.74) is 7.65. The highest BCUT2D eigenvalue weighted by Gasteiger charge is 1.96. The van der Waals surface area contributed by atoms with E-state index >= 15 is 0 Å². The Hall–Kier alpha value is -1.81. The minimum atomic E-state index is -0.486. The number of halogens is 1. The van der Waals surface area contributed by atoms with Gasteiger partial charge in [0.1, 0.15) is 5.82 Å². The SMILES string of the molecule is [N-]=[N+]=NCCn1cc(F)ccc1=O. The molecule has 0 aromatic carbocycles. The number of aromatic nitrogens is 1. The first kappa shape index (κ1) is 9.28. The molecule has 5 nitrogen and oxygen atoms in total. The van der Waals surface area contributed by atoms with E-state index in [1.807, 2.05) is 0 Å². The molecule has 0 saturated heterocycles. The predicted octanol–water partition coefficient (Wildman–Crippen LogP) is 1.30. The highest BCUT2D eigenvalue weighted by atomic mass is 19.1. The first-order valence-corrected chi connectivity index (χ1v) is 3.61. The minimum absolute atomic E-state index is 0.139. The molecule has 1 heterocycles. The number of azide groups is 1. The monoisotopic (exact) mass is 182 g/mol. The number of rotatable bonds is 3. The van der Waals surface area contributed by atoms with Gasteiger partial charge in [0.25, 0.3) is 5.56 Å². The number of hydrogen-bond acceptors (Lipinski definition) is 2. The first-order chi connectivity index (χ1) is 6.24. The van der Waals surface area contributed by atoms with Crippen LogP contribution in [-0.4, -0.2) is 11.1 Å². The van der Waals surface area contributed by atoms with E-state index in [0.717, 1.165) is 22.9 Å². The minimum Gasteiger partial charge on any atom is -0.312 e. The molecule has 0 atom stereocenters. The van der Waals surface area contributed by atoms with Gasteiger partial charge in [-0.25, -0.2) is 4.39 Å². The van der Waals surface area contributed by atoms with E-state index in [0.29, 0.717) is 0 Å². The molecule has 1 rings (SSSR count). The zero-order valence-corrected chi connectivity index (χ0v) is 6.72. The highest BCUT2D eigenvalue weighted by molar-refractivity contribution is 4.96. The quantitative estimate of drug-likeness (QED) is 0.394. The lowest BCUT2D eigenvalue weighted by atomic mass is 10.4. The molecule has 0 saturated carbocycles. The zero-order chi connectivity index (χ0) is 9.68. The van der Waals surface area contributed by atoms with Crippen LogP contribution in [0, 0.1) is 5.82 Å². The van der Waals surface area contributed by atoms with Crippen molar-refractivity contribution in [2.75, 3.05) is 6.54 Å². The Labute approximate surface area is 73.1 Å². The zero-order valence-electron chi connectivity index (χ0n) is 6.72. The third-order valence-corrected chi connectivity index (χ3v) is 1.45. The third kappa shape index (κ3) is 2.61. The molecule has 0 unspecified atom stereocenters. The fourth-order valence-electron chi connectivity index (χ4n) is 0.874. The molecule has 0 bridgehead atoms. The average molecular weight is 182 g/mol. The van der Waals surface area contributed by atoms with Crippen LogP contribution in [0.1, 0.15) is 0 Å². The molecule has 1 aromatic heterocycles. The third-order valence-electron chi connectivity index (χ3n) is 1.45. The molecule has 0 aliphatic heterocycles. The molecule has 0 amide bonds. The molecule has 0 radical (unpaired) electrons. The van der Waals surface area contributed by atoms with Gasteiger partial charge in [-0.2, -0.15) is 0 Å². The molecule has 0 fully saturated rings. The van der Waals surface area contributed by atoms with Gasteiger partial charge in [0.15, 0.2) is 0 Å². The summed E-state index contributed by atoms with van der Waals surface area (Å²) in [6.45, 7) is 0.334. The van der Waals surface area contributed by atoms with Gasteiger partial charge >= 0.3 is 0 Å². The second-order valence-electron chi connectivity index (χ2n) is 2.33. The van der Waals surface area contributed by atoms with Crippen LogP contribution in [0.5, 0.6) is 0 Å². The lowest BCUT2D eigenvalue weighted by molar-refractivity contribution is 0.582. The van der Waals surface area contributed by atoms with Crippen LogP contribution < -0.4 is 5.56 Å². The molecule has 13 heavy (non-hydrogen) atoms. The maximum absolute atomic E-state index is 12.6. The summed E-state index contributed by atoms with van der Waals surface area (Å²) in [7, 11) is 0. The fraction of sp³-hybridized carbons (Fsp3) is 0.286. The smallest absolute Gasteiger partial charge is 0.250 e. The summed E-state index contributed by atoms with van der Waals surface area (Å²) in [6.07, 6.45) is 1.08. The van der Waals surface area contributed by atoms with Crippen molar-refractivity contribution in [1.29, 1.82) is 0 Å². The van der Waals surface area contributed by atoms with Crippen molar-refractivity contribution in [3.05, 3.63) is 44.9 Å². The Balaban J connectivity index is 2.81. The topological polar surface area (TPSA) is 70.8 Å². The van der Waals surface area contributed by atoms with E-state index in [1.165, 1.54) is 0 Å². The Kier molecular flexibility index (Phi) is 3.05. The number of hydrogen-bond donors (Lipinski definition) is 0. The molecular formula is C7H7FN4O. The Bertz CT molecular complexity index is 394. The Morgan fingerprint density at radius 3 is 3.08 bits per heavy atom. The van der Waals surface area contributed by atoms with Crippen LogP contribution in [0.2, 0.25) is 0 Å². The largest absolute Gasteiger partial charge is 0.312 e. The summed E-state index contributed by atoms with van der Waals surface area (Å²) >= 11 is 0.